The lowest BCUT2D eigenvalue weighted by Gasteiger charge is -2.23. The lowest BCUT2D eigenvalue weighted by atomic mass is 9.96. The number of benzene rings is 3. The Morgan fingerprint density at radius 3 is 2.50 bits per heavy atom. The van der Waals surface area contributed by atoms with Gasteiger partial charge in [-0.25, -0.2) is 0 Å². The van der Waals surface area contributed by atoms with Gasteiger partial charge in [0.2, 0.25) is 5.13 Å². The minimum atomic E-state index is -0.863. The molecule has 0 saturated heterocycles. The molecule has 190 valence electrons. The summed E-state index contributed by atoms with van der Waals surface area (Å²) in [4.78, 5) is 28.0. The summed E-state index contributed by atoms with van der Waals surface area (Å²) in [7, 11) is 0. The van der Waals surface area contributed by atoms with Crippen molar-refractivity contribution in [2.24, 2.45) is 0 Å². The molecular weight excluding hydrogens is 606 g/mol. The first-order chi connectivity index (χ1) is 18.4. The van der Waals surface area contributed by atoms with Crippen molar-refractivity contribution in [3.8, 4) is 0 Å². The minimum absolute atomic E-state index is 0.00928. The van der Waals surface area contributed by atoms with E-state index in [0.29, 0.717) is 20.7 Å². The fraction of sp³-hybridized carbons (Fsp3) is 0.0714. The first kappa shape index (κ1) is 26.4. The van der Waals surface area contributed by atoms with Gasteiger partial charge in [-0.2, -0.15) is 0 Å². The Hall–Kier alpha value is -3.24. The number of anilines is 1. The third-order valence-corrected chi connectivity index (χ3v) is 8.80. The molecule has 0 radical (unpaired) electrons. The van der Waals surface area contributed by atoms with E-state index in [9.17, 15) is 14.7 Å². The van der Waals surface area contributed by atoms with Crippen molar-refractivity contribution in [2.75, 3.05) is 4.90 Å². The number of rotatable bonds is 8. The number of allylic oxidation sites excluding steroid dienone is 1. The highest BCUT2D eigenvalue weighted by molar-refractivity contribution is 9.10. The maximum Gasteiger partial charge on any atom is 0.296 e. The van der Waals surface area contributed by atoms with E-state index in [0.717, 1.165) is 15.6 Å². The topological polar surface area (TPSA) is 83.4 Å². The number of aliphatic hydroxyl groups is 1. The predicted molar refractivity (Wildman–Crippen MR) is 155 cm³/mol. The molecule has 6 nitrogen and oxygen atoms in total. The molecule has 2 heterocycles. The van der Waals surface area contributed by atoms with E-state index in [1.165, 1.54) is 34.1 Å². The zero-order valence-corrected chi connectivity index (χ0v) is 23.6. The second kappa shape index (κ2) is 11.7. The predicted octanol–water partition coefficient (Wildman–Crippen LogP) is 7.43. The van der Waals surface area contributed by atoms with Crippen LogP contribution in [0.3, 0.4) is 0 Å². The fourth-order valence-electron chi connectivity index (χ4n) is 3.95. The lowest BCUT2D eigenvalue weighted by molar-refractivity contribution is -0.117. The van der Waals surface area contributed by atoms with Gasteiger partial charge in [-0.1, -0.05) is 117 Å². The number of hydrogen-bond acceptors (Lipinski definition) is 7. The Bertz CT molecular complexity index is 1560. The Labute approximate surface area is 240 Å². The van der Waals surface area contributed by atoms with Crippen LogP contribution < -0.4 is 4.90 Å². The molecule has 0 fully saturated rings. The lowest BCUT2D eigenvalue weighted by Crippen LogP contribution is -2.30. The van der Waals surface area contributed by atoms with Gasteiger partial charge in [0.05, 0.1) is 11.6 Å². The van der Waals surface area contributed by atoms with E-state index in [2.05, 4.69) is 26.1 Å². The zero-order chi connectivity index (χ0) is 26.6. The highest BCUT2D eigenvalue weighted by atomic mass is 79.9. The Balaban J connectivity index is 1.46. The van der Waals surface area contributed by atoms with Gasteiger partial charge in [-0.05, 0) is 41.0 Å². The van der Waals surface area contributed by atoms with E-state index in [-0.39, 0.29) is 10.7 Å². The van der Waals surface area contributed by atoms with Crippen LogP contribution in [0.25, 0.3) is 6.08 Å². The first-order valence-corrected chi connectivity index (χ1v) is 14.4. The van der Waals surface area contributed by atoms with Gasteiger partial charge in [0, 0.05) is 15.2 Å². The van der Waals surface area contributed by atoms with Crippen molar-refractivity contribution in [2.45, 2.75) is 16.1 Å². The minimum Gasteiger partial charge on any atom is -0.503 e. The number of thioether (sulfide) groups is 1. The van der Waals surface area contributed by atoms with E-state index >= 15 is 0 Å². The van der Waals surface area contributed by atoms with Gasteiger partial charge >= 0.3 is 0 Å². The van der Waals surface area contributed by atoms with Gasteiger partial charge in [0.25, 0.3) is 5.91 Å². The molecule has 10 heteroatoms. The molecule has 4 aromatic rings. The maximum absolute atomic E-state index is 13.4. The number of carbonyl (C=O) groups is 2. The van der Waals surface area contributed by atoms with Crippen molar-refractivity contribution in [1.29, 1.82) is 0 Å². The smallest absolute Gasteiger partial charge is 0.296 e. The second-order valence-corrected chi connectivity index (χ2v) is 11.7. The van der Waals surface area contributed by atoms with Crippen LogP contribution in [0, 0.1) is 0 Å². The van der Waals surface area contributed by atoms with Crippen molar-refractivity contribution < 1.29 is 14.7 Å². The SMILES string of the molecule is O=C(C=Cc1ccccc1)C1=C(O)C(=O)N(c2nnc(SCc3ccccc3Cl)s2)C1c1ccc(Br)cc1. The molecule has 1 atom stereocenters. The molecule has 0 saturated carbocycles. The molecule has 38 heavy (non-hydrogen) atoms. The van der Waals surface area contributed by atoms with Crippen molar-refractivity contribution in [3.05, 3.63) is 122 Å². The van der Waals surface area contributed by atoms with Gasteiger partial charge in [0.1, 0.15) is 0 Å². The normalized spacial score (nSPS) is 15.6. The number of amides is 1. The van der Waals surface area contributed by atoms with Crippen LogP contribution in [0.5, 0.6) is 0 Å². The number of carbonyl (C=O) groups excluding carboxylic acids is 2. The summed E-state index contributed by atoms with van der Waals surface area (Å²) in [6.07, 6.45) is 3.03. The molecule has 1 aliphatic heterocycles. The van der Waals surface area contributed by atoms with E-state index < -0.39 is 23.5 Å². The zero-order valence-electron chi connectivity index (χ0n) is 19.6. The molecule has 0 spiro atoms. The first-order valence-electron chi connectivity index (χ1n) is 11.4. The third kappa shape index (κ3) is 5.61. The average Bonchev–Trinajstić information content (AvgIpc) is 3.50. The number of aromatic nitrogens is 2. The van der Waals surface area contributed by atoms with Crippen molar-refractivity contribution >= 4 is 73.5 Å². The highest BCUT2D eigenvalue weighted by Crippen LogP contribution is 2.43. The number of aliphatic hydroxyl groups excluding tert-OH is 1. The molecule has 1 aliphatic rings. The second-order valence-electron chi connectivity index (χ2n) is 8.23. The highest BCUT2D eigenvalue weighted by Gasteiger charge is 2.45. The molecule has 1 unspecified atom stereocenters. The number of halogens is 2. The quantitative estimate of drug-likeness (QED) is 0.125. The standard InChI is InChI=1S/C28H19BrClN3O3S2/c29-20-13-11-18(12-14-20)24-23(22(34)15-10-17-6-2-1-3-7-17)25(35)26(36)33(24)27-31-32-28(38-27)37-16-19-8-4-5-9-21(19)30/h1-15,24,35H,16H2. The Morgan fingerprint density at radius 1 is 1.05 bits per heavy atom. The summed E-state index contributed by atoms with van der Waals surface area (Å²) >= 11 is 12.4. The fourth-order valence-corrected chi connectivity index (χ4v) is 6.37. The van der Waals surface area contributed by atoms with E-state index in [1.54, 1.807) is 18.2 Å². The molecule has 3 aromatic carbocycles. The molecular formula is C28H19BrClN3O3S2. The van der Waals surface area contributed by atoms with Gasteiger partial charge in [-0.3, -0.25) is 14.5 Å². The maximum atomic E-state index is 13.4. The van der Waals surface area contributed by atoms with Crippen LogP contribution in [0.15, 0.2) is 105 Å². The third-order valence-electron chi connectivity index (χ3n) is 5.80. The molecule has 0 aliphatic carbocycles. The molecule has 1 N–H and O–H groups in total. The van der Waals surface area contributed by atoms with Crippen molar-refractivity contribution in [3.63, 3.8) is 0 Å². The van der Waals surface area contributed by atoms with Crippen LogP contribution in [0.4, 0.5) is 5.13 Å². The molecule has 0 bridgehead atoms. The van der Waals surface area contributed by atoms with Gasteiger partial charge in [-0.15, -0.1) is 10.2 Å². The summed E-state index contributed by atoms with van der Waals surface area (Å²) in [6, 6.07) is 23.3. The van der Waals surface area contributed by atoms with Crippen molar-refractivity contribution in [1.82, 2.24) is 10.2 Å². The summed E-state index contributed by atoms with van der Waals surface area (Å²) in [5.41, 5.74) is 2.43. The number of nitrogens with zero attached hydrogens (tertiary/aromatic N) is 3. The summed E-state index contributed by atoms with van der Waals surface area (Å²) in [6.45, 7) is 0. The van der Waals surface area contributed by atoms with Crippen LogP contribution in [0.2, 0.25) is 5.02 Å². The van der Waals surface area contributed by atoms with Crippen LogP contribution in [-0.4, -0.2) is 27.0 Å². The molecule has 1 aromatic heterocycles. The summed E-state index contributed by atoms with van der Waals surface area (Å²) < 4.78 is 1.47. The number of ketones is 1. The number of hydrogen-bond donors (Lipinski definition) is 1. The average molecular weight is 625 g/mol. The Kier molecular flexibility index (Phi) is 8.09. The van der Waals surface area contributed by atoms with E-state index in [1.807, 2.05) is 66.7 Å². The largest absolute Gasteiger partial charge is 0.503 e. The van der Waals surface area contributed by atoms with Crippen LogP contribution >= 0.6 is 50.6 Å². The van der Waals surface area contributed by atoms with E-state index in [4.69, 9.17) is 11.6 Å². The van der Waals surface area contributed by atoms with Gasteiger partial charge in [0.15, 0.2) is 15.9 Å². The Morgan fingerprint density at radius 2 is 1.76 bits per heavy atom. The van der Waals surface area contributed by atoms with Crippen LogP contribution in [-0.2, 0) is 15.3 Å². The molecule has 5 rings (SSSR count). The summed E-state index contributed by atoms with van der Waals surface area (Å²) in [5, 5.41) is 20.3. The van der Waals surface area contributed by atoms with Gasteiger partial charge < -0.3 is 5.11 Å². The summed E-state index contributed by atoms with van der Waals surface area (Å²) in [5.74, 6) is -1.18. The van der Waals surface area contributed by atoms with Crippen LogP contribution in [0.1, 0.15) is 22.7 Å². The monoisotopic (exact) mass is 623 g/mol. The molecule has 1 amide bonds.